The lowest BCUT2D eigenvalue weighted by atomic mass is 9.95. The molecule has 1 heterocycles. The van der Waals surface area contributed by atoms with Crippen LogP contribution < -0.4 is 5.32 Å². The zero-order valence-electron chi connectivity index (χ0n) is 10.3. The first-order valence-corrected chi connectivity index (χ1v) is 6.57. The lowest BCUT2D eigenvalue weighted by Gasteiger charge is -2.15. The van der Waals surface area contributed by atoms with E-state index in [1.54, 1.807) is 12.1 Å². The van der Waals surface area contributed by atoms with Crippen LogP contribution in [-0.4, -0.2) is 10.9 Å². The van der Waals surface area contributed by atoms with Crippen LogP contribution in [0.25, 0.3) is 0 Å². The van der Waals surface area contributed by atoms with E-state index in [0.29, 0.717) is 10.8 Å². The normalized spacial score (nSPS) is 15.8. The molecule has 1 fully saturated rings. The van der Waals surface area contributed by atoms with E-state index in [2.05, 4.69) is 10.3 Å². The number of pyridine rings is 1. The molecule has 1 N–H and O–H groups in total. The van der Waals surface area contributed by atoms with Crippen LogP contribution in [-0.2, 0) is 10.2 Å². The van der Waals surface area contributed by atoms with Gasteiger partial charge in [-0.1, -0.05) is 41.9 Å². The fourth-order valence-electron chi connectivity index (χ4n) is 2.21. The molecule has 0 saturated heterocycles. The van der Waals surface area contributed by atoms with Gasteiger partial charge in [-0.25, -0.2) is 4.98 Å². The Morgan fingerprint density at radius 1 is 1.16 bits per heavy atom. The van der Waals surface area contributed by atoms with Gasteiger partial charge in [-0.2, -0.15) is 0 Å². The van der Waals surface area contributed by atoms with Gasteiger partial charge >= 0.3 is 0 Å². The SMILES string of the molecule is O=C(Nc1ccc(Cl)cn1)C1(c2ccccc2)CC1. The molecule has 19 heavy (non-hydrogen) atoms. The van der Waals surface area contributed by atoms with Gasteiger partial charge in [0.2, 0.25) is 5.91 Å². The summed E-state index contributed by atoms with van der Waals surface area (Å²) in [7, 11) is 0. The Morgan fingerprint density at radius 2 is 1.89 bits per heavy atom. The summed E-state index contributed by atoms with van der Waals surface area (Å²) in [6, 6.07) is 13.3. The molecule has 0 radical (unpaired) electrons. The lowest BCUT2D eigenvalue weighted by molar-refractivity contribution is -0.118. The number of carbonyl (C=O) groups excluding carboxylic acids is 1. The van der Waals surface area contributed by atoms with Crippen molar-refractivity contribution in [1.29, 1.82) is 0 Å². The molecule has 1 amide bonds. The number of aromatic nitrogens is 1. The highest BCUT2D eigenvalue weighted by Gasteiger charge is 2.51. The Kier molecular flexibility index (Phi) is 2.99. The Labute approximate surface area is 116 Å². The summed E-state index contributed by atoms with van der Waals surface area (Å²) >= 11 is 5.77. The minimum atomic E-state index is -0.372. The number of benzene rings is 1. The maximum atomic E-state index is 12.4. The topological polar surface area (TPSA) is 42.0 Å². The smallest absolute Gasteiger partial charge is 0.236 e. The first-order chi connectivity index (χ1) is 9.21. The predicted octanol–water partition coefficient (Wildman–Crippen LogP) is 3.41. The third kappa shape index (κ3) is 2.34. The quantitative estimate of drug-likeness (QED) is 0.930. The van der Waals surface area contributed by atoms with E-state index in [0.717, 1.165) is 18.4 Å². The van der Waals surface area contributed by atoms with Gasteiger partial charge in [0.25, 0.3) is 0 Å². The molecule has 4 heteroatoms. The number of amides is 1. The second-order valence-corrected chi connectivity index (χ2v) is 5.20. The lowest BCUT2D eigenvalue weighted by Crippen LogP contribution is -2.28. The number of nitrogens with one attached hydrogen (secondary N) is 1. The number of anilines is 1. The summed E-state index contributed by atoms with van der Waals surface area (Å²) in [4.78, 5) is 16.5. The molecule has 3 nitrogen and oxygen atoms in total. The number of hydrogen-bond acceptors (Lipinski definition) is 2. The average molecular weight is 273 g/mol. The number of nitrogens with zero attached hydrogens (tertiary/aromatic N) is 1. The van der Waals surface area contributed by atoms with Crippen molar-refractivity contribution >= 4 is 23.3 Å². The molecular formula is C15H13ClN2O. The summed E-state index contributed by atoms with van der Waals surface area (Å²) < 4.78 is 0. The van der Waals surface area contributed by atoms with Crippen LogP contribution in [0.1, 0.15) is 18.4 Å². The monoisotopic (exact) mass is 272 g/mol. The molecule has 3 rings (SSSR count). The van der Waals surface area contributed by atoms with E-state index in [9.17, 15) is 4.79 Å². The Balaban J connectivity index is 1.79. The molecule has 1 aliphatic carbocycles. The molecule has 1 aromatic heterocycles. The molecule has 0 unspecified atom stereocenters. The van der Waals surface area contributed by atoms with Gasteiger partial charge in [-0.05, 0) is 30.5 Å². The van der Waals surface area contributed by atoms with Crippen LogP contribution in [0.5, 0.6) is 0 Å². The molecule has 2 aromatic rings. The third-order valence-corrected chi connectivity index (χ3v) is 3.70. The highest BCUT2D eigenvalue weighted by molar-refractivity contribution is 6.30. The molecule has 0 bridgehead atoms. The van der Waals surface area contributed by atoms with E-state index >= 15 is 0 Å². The van der Waals surface area contributed by atoms with Crippen molar-refractivity contribution in [3.8, 4) is 0 Å². The molecule has 1 aromatic carbocycles. The van der Waals surface area contributed by atoms with Gasteiger partial charge in [0.1, 0.15) is 5.82 Å². The fourth-order valence-corrected chi connectivity index (χ4v) is 2.33. The molecule has 0 aliphatic heterocycles. The average Bonchev–Trinajstić information content (AvgIpc) is 3.24. The zero-order chi connectivity index (χ0) is 13.3. The highest BCUT2D eigenvalue weighted by Crippen LogP contribution is 2.48. The van der Waals surface area contributed by atoms with Crippen LogP contribution in [0.15, 0.2) is 48.7 Å². The fraction of sp³-hybridized carbons (Fsp3) is 0.200. The van der Waals surface area contributed by atoms with E-state index in [1.807, 2.05) is 30.3 Å². The van der Waals surface area contributed by atoms with Gasteiger partial charge < -0.3 is 5.32 Å². The molecular weight excluding hydrogens is 260 g/mol. The van der Waals surface area contributed by atoms with Crippen molar-refractivity contribution in [2.75, 3.05) is 5.32 Å². The minimum Gasteiger partial charge on any atom is -0.310 e. The van der Waals surface area contributed by atoms with Crippen molar-refractivity contribution in [3.63, 3.8) is 0 Å². The Morgan fingerprint density at radius 3 is 2.47 bits per heavy atom. The van der Waals surface area contributed by atoms with Crippen molar-refractivity contribution < 1.29 is 4.79 Å². The summed E-state index contributed by atoms with van der Waals surface area (Å²) in [5, 5.41) is 3.42. The van der Waals surface area contributed by atoms with Crippen LogP contribution in [0.3, 0.4) is 0 Å². The second kappa shape index (κ2) is 4.67. The number of hydrogen-bond donors (Lipinski definition) is 1. The van der Waals surface area contributed by atoms with Gasteiger partial charge in [0.15, 0.2) is 0 Å². The second-order valence-electron chi connectivity index (χ2n) is 4.76. The zero-order valence-corrected chi connectivity index (χ0v) is 11.0. The number of rotatable bonds is 3. The van der Waals surface area contributed by atoms with E-state index in [4.69, 9.17) is 11.6 Å². The summed E-state index contributed by atoms with van der Waals surface area (Å²) in [6.07, 6.45) is 3.30. The number of carbonyl (C=O) groups is 1. The first kappa shape index (κ1) is 12.2. The largest absolute Gasteiger partial charge is 0.310 e. The first-order valence-electron chi connectivity index (χ1n) is 6.19. The Hall–Kier alpha value is -1.87. The van der Waals surface area contributed by atoms with Crippen molar-refractivity contribution in [3.05, 3.63) is 59.2 Å². The molecule has 0 spiro atoms. The summed E-state index contributed by atoms with van der Waals surface area (Å²) in [5.41, 5.74) is 0.698. The van der Waals surface area contributed by atoms with Crippen molar-refractivity contribution in [2.45, 2.75) is 18.3 Å². The van der Waals surface area contributed by atoms with Crippen LogP contribution >= 0.6 is 11.6 Å². The van der Waals surface area contributed by atoms with Crippen LogP contribution in [0.4, 0.5) is 5.82 Å². The predicted molar refractivity (Wildman–Crippen MR) is 75.2 cm³/mol. The van der Waals surface area contributed by atoms with Gasteiger partial charge in [-0.3, -0.25) is 4.79 Å². The van der Waals surface area contributed by atoms with Gasteiger partial charge in [0.05, 0.1) is 10.4 Å². The van der Waals surface area contributed by atoms with Crippen LogP contribution in [0, 0.1) is 0 Å². The highest BCUT2D eigenvalue weighted by atomic mass is 35.5. The minimum absolute atomic E-state index is 0.00789. The maximum absolute atomic E-state index is 12.4. The summed E-state index contributed by atoms with van der Waals surface area (Å²) in [6.45, 7) is 0. The third-order valence-electron chi connectivity index (χ3n) is 3.48. The van der Waals surface area contributed by atoms with E-state index < -0.39 is 0 Å². The van der Waals surface area contributed by atoms with Crippen molar-refractivity contribution in [1.82, 2.24) is 4.98 Å². The molecule has 1 aliphatic rings. The Bertz CT molecular complexity index is 591. The summed E-state index contributed by atoms with van der Waals surface area (Å²) in [5.74, 6) is 0.546. The van der Waals surface area contributed by atoms with E-state index in [-0.39, 0.29) is 11.3 Å². The number of halogens is 1. The van der Waals surface area contributed by atoms with Crippen molar-refractivity contribution in [2.24, 2.45) is 0 Å². The molecule has 96 valence electrons. The van der Waals surface area contributed by atoms with Gasteiger partial charge in [-0.15, -0.1) is 0 Å². The standard InChI is InChI=1S/C15H13ClN2O/c16-12-6-7-13(17-10-12)18-14(19)15(8-9-15)11-4-2-1-3-5-11/h1-7,10H,8-9H2,(H,17,18,19). The molecule has 1 saturated carbocycles. The maximum Gasteiger partial charge on any atom is 0.236 e. The van der Waals surface area contributed by atoms with Gasteiger partial charge in [0, 0.05) is 6.20 Å². The molecule has 0 atom stereocenters. The van der Waals surface area contributed by atoms with Crippen LogP contribution in [0.2, 0.25) is 5.02 Å². The van der Waals surface area contributed by atoms with E-state index in [1.165, 1.54) is 6.20 Å².